The summed E-state index contributed by atoms with van der Waals surface area (Å²) in [5, 5.41) is 0.787. The van der Waals surface area contributed by atoms with Gasteiger partial charge in [0.2, 0.25) is 22.3 Å². The number of hydrogen-bond acceptors (Lipinski definition) is 4. The molecular formula is C18H23Cl2N3O4S. The van der Waals surface area contributed by atoms with E-state index in [0.717, 1.165) is 6.41 Å². The van der Waals surface area contributed by atoms with Crippen LogP contribution in [0.25, 0.3) is 0 Å². The van der Waals surface area contributed by atoms with Crippen molar-refractivity contribution in [1.29, 1.82) is 0 Å². The molecule has 7 nitrogen and oxygen atoms in total. The number of amides is 2. The van der Waals surface area contributed by atoms with Crippen molar-refractivity contribution in [3.05, 3.63) is 33.8 Å². The van der Waals surface area contributed by atoms with E-state index in [-0.39, 0.29) is 17.6 Å². The van der Waals surface area contributed by atoms with Gasteiger partial charge in [0.1, 0.15) is 0 Å². The smallest absolute Gasteiger partial charge is 0.225 e. The van der Waals surface area contributed by atoms with Gasteiger partial charge >= 0.3 is 0 Å². The number of rotatable bonds is 5. The summed E-state index contributed by atoms with van der Waals surface area (Å²) in [6.07, 6.45) is 1.80. The van der Waals surface area contributed by atoms with Crippen molar-refractivity contribution in [1.82, 2.24) is 14.1 Å². The van der Waals surface area contributed by atoms with E-state index < -0.39 is 10.0 Å². The van der Waals surface area contributed by atoms with E-state index in [2.05, 4.69) is 0 Å². The Bertz CT molecular complexity index is 833. The molecule has 0 radical (unpaired) electrons. The van der Waals surface area contributed by atoms with Gasteiger partial charge in [0.15, 0.2) is 0 Å². The number of halogens is 2. The van der Waals surface area contributed by atoms with Gasteiger partial charge in [-0.15, -0.1) is 0 Å². The first-order valence-electron chi connectivity index (χ1n) is 9.20. The Morgan fingerprint density at radius 2 is 1.71 bits per heavy atom. The average molecular weight is 448 g/mol. The maximum Gasteiger partial charge on any atom is 0.225 e. The van der Waals surface area contributed by atoms with Crippen molar-refractivity contribution >= 4 is 45.5 Å². The molecule has 1 aromatic rings. The van der Waals surface area contributed by atoms with E-state index in [1.165, 1.54) is 10.4 Å². The Balaban J connectivity index is 1.55. The van der Waals surface area contributed by atoms with Crippen LogP contribution in [0.1, 0.15) is 18.4 Å². The van der Waals surface area contributed by atoms with Crippen LogP contribution >= 0.6 is 23.2 Å². The fourth-order valence-electron chi connectivity index (χ4n) is 3.61. The van der Waals surface area contributed by atoms with E-state index >= 15 is 0 Å². The Hall–Kier alpha value is -1.35. The molecule has 28 heavy (non-hydrogen) atoms. The van der Waals surface area contributed by atoms with Gasteiger partial charge in [-0.05, 0) is 30.5 Å². The number of carbonyl (C=O) groups is 2. The quantitative estimate of drug-likeness (QED) is 0.645. The molecule has 0 aliphatic carbocycles. The summed E-state index contributed by atoms with van der Waals surface area (Å²) in [5.74, 6) is -0.299. The highest BCUT2D eigenvalue weighted by atomic mass is 35.5. The summed E-state index contributed by atoms with van der Waals surface area (Å²) < 4.78 is 26.9. The van der Waals surface area contributed by atoms with E-state index in [4.69, 9.17) is 23.2 Å². The van der Waals surface area contributed by atoms with Crippen LogP contribution in [0.3, 0.4) is 0 Å². The van der Waals surface area contributed by atoms with Crippen LogP contribution in [-0.4, -0.2) is 74.1 Å². The lowest BCUT2D eigenvalue weighted by atomic mass is 9.96. The monoisotopic (exact) mass is 447 g/mol. The summed E-state index contributed by atoms with van der Waals surface area (Å²) in [7, 11) is -3.52. The molecule has 2 amide bonds. The van der Waals surface area contributed by atoms with Gasteiger partial charge in [0.25, 0.3) is 0 Å². The molecular weight excluding hydrogens is 425 g/mol. The summed E-state index contributed by atoms with van der Waals surface area (Å²) in [5.41, 5.74) is 0.511. The van der Waals surface area contributed by atoms with Crippen molar-refractivity contribution in [3.63, 3.8) is 0 Å². The number of hydrogen-bond donors (Lipinski definition) is 0. The first-order chi connectivity index (χ1) is 13.3. The number of sulfonamides is 1. The minimum atomic E-state index is -3.52. The minimum Gasteiger partial charge on any atom is -0.342 e. The van der Waals surface area contributed by atoms with Gasteiger partial charge in [-0.25, -0.2) is 12.7 Å². The number of benzene rings is 1. The molecule has 10 heteroatoms. The molecule has 2 fully saturated rings. The van der Waals surface area contributed by atoms with Gasteiger partial charge in [-0.1, -0.05) is 29.3 Å². The molecule has 0 atom stereocenters. The van der Waals surface area contributed by atoms with Gasteiger partial charge < -0.3 is 9.80 Å². The highest BCUT2D eigenvalue weighted by molar-refractivity contribution is 7.88. The topological polar surface area (TPSA) is 78.0 Å². The van der Waals surface area contributed by atoms with E-state index in [0.29, 0.717) is 67.7 Å². The summed E-state index contributed by atoms with van der Waals surface area (Å²) in [4.78, 5) is 26.9. The molecule has 0 aromatic heterocycles. The zero-order chi connectivity index (χ0) is 20.3. The van der Waals surface area contributed by atoms with Crippen LogP contribution in [0.4, 0.5) is 0 Å². The van der Waals surface area contributed by atoms with Gasteiger partial charge in [-0.2, -0.15) is 0 Å². The molecule has 2 aliphatic heterocycles. The molecule has 0 spiro atoms. The lowest BCUT2D eigenvalue weighted by molar-refractivity contribution is -0.140. The second-order valence-electron chi connectivity index (χ2n) is 7.13. The average Bonchev–Trinajstić information content (AvgIpc) is 2.70. The van der Waals surface area contributed by atoms with Crippen LogP contribution in [0.15, 0.2) is 18.2 Å². The minimum absolute atomic E-state index is 0.0587. The van der Waals surface area contributed by atoms with Crippen LogP contribution < -0.4 is 0 Å². The van der Waals surface area contributed by atoms with E-state index in [9.17, 15) is 18.0 Å². The molecule has 2 heterocycles. The molecule has 0 N–H and O–H groups in total. The fourth-order valence-corrected chi connectivity index (χ4v) is 5.76. The third-order valence-electron chi connectivity index (χ3n) is 5.32. The molecule has 2 saturated heterocycles. The fraction of sp³-hybridized carbons (Fsp3) is 0.556. The largest absolute Gasteiger partial charge is 0.342 e. The second kappa shape index (κ2) is 8.98. The van der Waals surface area contributed by atoms with Crippen LogP contribution in [0, 0.1) is 5.92 Å². The SMILES string of the molecule is O=CN1CCN(C(=O)C2CCN(S(=O)(=O)Cc3ccc(Cl)cc3Cl)CC2)CC1. The normalized spacial score (nSPS) is 19.6. The van der Waals surface area contributed by atoms with Crippen LogP contribution in [0.5, 0.6) is 0 Å². The summed E-state index contributed by atoms with van der Waals surface area (Å²) in [6, 6.07) is 4.77. The Kier molecular flexibility index (Phi) is 6.85. The third kappa shape index (κ3) is 4.97. The maximum atomic E-state index is 12.7. The van der Waals surface area contributed by atoms with Gasteiger partial charge in [0.05, 0.1) is 5.75 Å². The first-order valence-corrected chi connectivity index (χ1v) is 11.6. The summed E-state index contributed by atoms with van der Waals surface area (Å²) in [6.45, 7) is 2.79. The zero-order valence-electron chi connectivity index (χ0n) is 15.4. The summed E-state index contributed by atoms with van der Waals surface area (Å²) >= 11 is 12.0. The van der Waals surface area contributed by atoms with Crippen molar-refractivity contribution in [2.24, 2.45) is 5.92 Å². The lowest BCUT2D eigenvalue weighted by Gasteiger charge is -2.37. The second-order valence-corrected chi connectivity index (χ2v) is 9.94. The standard InChI is InChI=1S/C18H23Cl2N3O4S/c19-16-2-1-15(17(20)11-16)12-28(26,27)23-5-3-14(4-6-23)18(25)22-9-7-21(13-24)8-10-22/h1-2,11,13-14H,3-10,12H2. The molecule has 0 saturated carbocycles. The van der Waals surface area contributed by atoms with Crippen molar-refractivity contribution < 1.29 is 18.0 Å². The molecule has 154 valence electrons. The van der Waals surface area contributed by atoms with Gasteiger partial charge in [-0.3, -0.25) is 9.59 Å². The zero-order valence-corrected chi connectivity index (χ0v) is 17.7. The molecule has 2 aliphatic rings. The molecule has 1 aromatic carbocycles. The van der Waals surface area contributed by atoms with E-state index in [1.54, 1.807) is 21.9 Å². The molecule has 3 rings (SSSR count). The number of piperazine rings is 1. The Morgan fingerprint density at radius 1 is 1.07 bits per heavy atom. The first kappa shape index (κ1) is 21.4. The van der Waals surface area contributed by atoms with E-state index in [1.807, 2.05) is 0 Å². The van der Waals surface area contributed by atoms with Gasteiger partial charge in [0, 0.05) is 55.2 Å². The number of nitrogens with zero attached hydrogens (tertiary/aromatic N) is 3. The highest BCUT2D eigenvalue weighted by Gasteiger charge is 2.34. The number of piperidine rings is 1. The predicted octanol–water partition coefficient (Wildman–Crippen LogP) is 1.84. The van der Waals surface area contributed by atoms with Crippen LogP contribution in [-0.2, 0) is 25.4 Å². The molecule has 0 unspecified atom stereocenters. The van der Waals surface area contributed by atoms with Crippen LogP contribution in [0.2, 0.25) is 10.0 Å². The Morgan fingerprint density at radius 3 is 2.29 bits per heavy atom. The maximum absolute atomic E-state index is 12.7. The third-order valence-corrected chi connectivity index (χ3v) is 7.74. The lowest BCUT2D eigenvalue weighted by Crippen LogP contribution is -2.51. The molecule has 0 bridgehead atoms. The number of carbonyl (C=O) groups excluding carboxylic acids is 2. The Labute approximate surface area is 175 Å². The predicted molar refractivity (Wildman–Crippen MR) is 108 cm³/mol. The van der Waals surface area contributed by atoms with Crippen molar-refractivity contribution in [3.8, 4) is 0 Å². The highest BCUT2D eigenvalue weighted by Crippen LogP contribution is 2.27. The van der Waals surface area contributed by atoms with Crippen molar-refractivity contribution in [2.45, 2.75) is 18.6 Å². The van der Waals surface area contributed by atoms with Crippen molar-refractivity contribution in [2.75, 3.05) is 39.3 Å².